The van der Waals surface area contributed by atoms with E-state index in [-0.39, 0.29) is 29.3 Å². The summed E-state index contributed by atoms with van der Waals surface area (Å²) in [4.78, 5) is 11.3. The average molecular weight is 281 g/mol. The fourth-order valence-electron chi connectivity index (χ4n) is 1.00. The minimum absolute atomic E-state index is 0.0201. The Morgan fingerprint density at radius 2 is 2.21 bits per heavy atom. The summed E-state index contributed by atoms with van der Waals surface area (Å²) in [5.41, 5.74) is 5.22. The molecule has 0 bridgehead atoms. The predicted molar refractivity (Wildman–Crippen MR) is 57.1 cm³/mol. The number of ketones is 1. The van der Waals surface area contributed by atoms with E-state index in [1.165, 1.54) is 6.07 Å². The molecule has 14 heavy (non-hydrogen) atoms. The van der Waals surface area contributed by atoms with Crippen LogP contribution in [-0.2, 0) is 0 Å². The number of rotatable bonds is 3. The van der Waals surface area contributed by atoms with Crippen molar-refractivity contribution in [3.05, 3.63) is 33.0 Å². The van der Waals surface area contributed by atoms with E-state index in [4.69, 9.17) is 17.3 Å². The molecule has 0 atom stereocenters. The van der Waals surface area contributed by atoms with Crippen LogP contribution >= 0.6 is 27.5 Å². The van der Waals surface area contributed by atoms with Gasteiger partial charge in [-0.05, 0) is 34.6 Å². The van der Waals surface area contributed by atoms with E-state index < -0.39 is 5.82 Å². The lowest BCUT2D eigenvalue weighted by molar-refractivity contribution is 0.0981. The van der Waals surface area contributed by atoms with Crippen LogP contribution in [0.15, 0.2) is 16.6 Å². The SMILES string of the molecule is NCCC(=O)c1cc(Br)c(Cl)cc1F. The predicted octanol–water partition coefficient (Wildman–Crippen LogP) is 2.77. The molecule has 5 heteroatoms. The van der Waals surface area contributed by atoms with Gasteiger partial charge in [0.1, 0.15) is 5.82 Å². The van der Waals surface area contributed by atoms with E-state index in [1.54, 1.807) is 0 Å². The summed E-state index contributed by atoms with van der Waals surface area (Å²) in [6.45, 7) is 0.207. The molecule has 0 aliphatic rings. The van der Waals surface area contributed by atoms with E-state index in [9.17, 15) is 9.18 Å². The maximum Gasteiger partial charge on any atom is 0.167 e. The van der Waals surface area contributed by atoms with Gasteiger partial charge in [-0.25, -0.2) is 4.39 Å². The number of hydrogen-bond donors (Lipinski definition) is 1. The normalized spacial score (nSPS) is 10.3. The molecule has 0 aliphatic heterocycles. The Labute approximate surface area is 94.4 Å². The third kappa shape index (κ3) is 2.53. The summed E-state index contributed by atoms with van der Waals surface area (Å²) in [7, 11) is 0. The van der Waals surface area contributed by atoms with Crippen LogP contribution in [0.2, 0.25) is 5.02 Å². The molecule has 2 nitrogen and oxygen atoms in total. The van der Waals surface area contributed by atoms with Gasteiger partial charge in [0.25, 0.3) is 0 Å². The highest BCUT2D eigenvalue weighted by Crippen LogP contribution is 2.26. The van der Waals surface area contributed by atoms with Crippen LogP contribution in [0.25, 0.3) is 0 Å². The Morgan fingerprint density at radius 1 is 1.57 bits per heavy atom. The van der Waals surface area contributed by atoms with Gasteiger partial charge in [-0.15, -0.1) is 0 Å². The minimum atomic E-state index is -0.614. The molecule has 76 valence electrons. The van der Waals surface area contributed by atoms with Crippen LogP contribution in [0.4, 0.5) is 4.39 Å². The van der Waals surface area contributed by atoms with E-state index in [0.29, 0.717) is 4.47 Å². The lowest BCUT2D eigenvalue weighted by Gasteiger charge is -2.03. The van der Waals surface area contributed by atoms with Gasteiger partial charge in [0, 0.05) is 10.9 Å². The Hall–Kier alpha value is -0.450. The number of halogens is 3. The van der Waals surface area contributed by atoms with E-state index in [2.05, 4.69) is 15.9 Å². The van der Waals surface area contributed by atoms with Crippen LogP contribution in [0.3, 0.4) is 0 Å². The maximum atomic E-state index is 13.2. The van der Waals surface area contributed by atoms with Crippen LogP contribution in [0.5, 0.6) is 0 Å². The fraction of sp³-hybridized carbons (Fsp3) is 0.222. The van der Waals surface area contributed by atoms with E-state index >= 15 is 0 Å². The molecule has 0 aromatic heterocycles. The highest BCUT2D eigenvalue weighted by Gasteiger charge is 2.13. The second-order valence-electron chi connectivity index (χ2n) is 2.71. The van der Waals surface area contributed by atoms with Crippen molar-refractivity contribution < 1.29 is 9.18 Å². The smallest absolute Gasteiger partial charge is 0.167 e. The average Bonchev–Trinajstić information content (AvgIpc) is 2.11. The zero-order chi connectivity index (χ0) is 10.7. The van der Waals surface area contributed by atoms with Gasteiger partial charge in [-0.2, -0.15) is 0 Å². The number of nitrogens with two attached hydrogens (primary N) is 1. The molecule has 0 saturated heterocycles. The Balaban J connectivity index is 3.09. The first-order valence-corrected chi connectivity index (χ1v) is 5.11. The molecule has 1 rings (SSSR count). The zero-order valence-electron chi connectivity index (χ0n) is 7.19. The Bertz CT molecular complexity index is 370. The molecule has 1 aromatic carbocycles. The van der Waals surface area contributed by atoms with E-state index in [1.807, 2.05) is 0 Å². The topological polar surface area (TPSA) is 43.1 Å². The fourth-order valence-corrected chi connectivity index (χ4v) is 1.50. The van der Waals surface area contributed by atoms with Crippen molar-refractivity contribution in [1.29, 1.82) is 0 Å². The minimum Gasteiger partial charge on any atom is -0.330 e. The summed E-state index contributed by atoms with van der Waals surface area (Å²) in [6, 6.07) is 2.48. The molecule has 2 N–H and O–H groups in total. The molecule has 0 amide bonds. The lowest BCUT2D eigenvalue weighted by Crippen LogP contribution is -2.09. The molecule has 0 spiro atoms. The van der Waals surface area contributed by atoms with Crippen LogP contribution in [0, 0.1) is 5.82 Å². The molecule has 0 aliphatic carbocycles. The molecular formula is C9H8BrClFNO. The van der Waals surface area contributed by atoms with Crippen molar-refractivity contribution in [2.75, 3.05) is 6.54 Å². The monoisotopic (exact) mass is 279 g/mol. The molecule has 0 saturated carbocycles. The van der Waals surface area contributed by atoms with Crippen molar-refractivity contribution in [3.63, 3.8) is 0 Å². The van der Waals surface area contributed by atoms with Gasteiger partial charge in [0.15, 0.2) is 5.78 Å². The summed E-state index contributed by atoms with van der Waals surface area (Å²) < 4.78 is 13.7. The van der Waals surface area contributed by atoms with E-state index in [0.717, 1.165) is 6.07 Å². The molecule has 0 radical (unpaired) electrons. The number of carbonyl (C=O) groups is 1. The summed E-state index contributed by atoms with van der Waals surface area (Å²) in [5, 5.41) is 0.242. The third-order valence-electron chi connectivity index (χ3n) is 1.68. The van der Waals surface area contributed by atoms with Crippen molar-refractivity contribution in [2.45, 2.75) is 6.42 Å². The Morgan fingerprint density at radius 3 is 2.79 bits per heavy atom. The number of Topliss-reactive ketones (excluding diaryl/α,β-unsaturated/α-hetero) is 1. The van der Waals surface area contributed by atoms with Gasteiger partial charge in [0.2, 0.25) is 0 Å². The summed E-state index contributed by atoms with van der Waals surface area (Å²) in [5.74, 6) is -0.931. The van der Waals surface area contributed by atoms with Crippen LogP contribution in [0.1, 0.15) is 16.8 Å². The zero-order valence-corrected chi connectivity index (χ0v) is 9.53. The van der Waals surface area contributed by atoms with Gasteiger partial charge >= 0.3 is 0 Å². The van der Waals surface area contributed by atoms with Crippen LogP contribution < -0.4 is 5.73 Å². The molecule has 0 heterocycles. The van der Waals surface area contributed by atoms with Gasteiger partial charge in [0.05, 0.1) is 10.6 Å². The summed E-state index contributed by atoms with van der Waals surface area (Å²) in [6.07, 6.45) is 0.130. The summed E-state index contributed by atoms with van der Waals surface area (Å²) >= 11 is 8.76. The first-order chi connectivity index (χ1) is 6.56. The number of carbonyl (C=O) groups excluding carboxylic acids is 1. The largest absolute Gasteiger partial charge is 0.330 e. The standard InChI is InChI=1S/C9H8BrClFNO/c10-6-3-5(9(14)1-2-13)8(12)4-7(6)11/h3-4H,1-2,13H2. The maximum absolute atomic E-state index is 13.2. The number of hydrogen-bond acceptors (Lipinski definition) is 2. The first-order valence-electron chi connectivity index (χ1n) is 3.94. The first kappa shape index (κ1) is 11.6. The second-order valence-corrected chi connectivity index (χ2v) is 3.97. The molecular weight excluding hydrogens is 272 g/mol. The molecule has 0 fully saturated rings. The van der Waals surface area contributed by atoms with Crippen LogP contribution in [-0.4, -0.2) is 12.3 Å². The van der Waals surface area contributed by atoms with Gasteiger partial charge < -0.3 is 5.73 Å². The third-order valence-corrected chi connectivity index (χ3v) is 2.88. The van der Waals surface area contributed by atoms with Crippen molar-refractivity contribution in [3.8, 4) is 0 Å². The highest BCUT2D eigenvalue weighted by atomic mass is 79.9. The van der Waals surface area contributed by atoms with Crippen molar-refractivity contribution in [1.82, 2.24) is 0 Å². The molecule has 0 unspecified atom stereocenters. The van der Waals surface area contributed by atoms with Gasteiger partial charge in [-0.3, -0.25) is 4.79 Å². The highest BCUT2D eigenvalue weighted by molar-refractivity contribution is 9.10. The lowest BCUT2D eigenvalue weighted by atomic mass is 10.1. The van der Waals surface area contributed by atoms with Crippen molar-refractivity contribution >= 4 is 33.3 Å². The quantitative estimate of drug-likeness (QED) is 0.683. The van der Waals surface area contributed by atoms with Crippen molar-refractivity contribution in [2.24, 2.45) is 5.73 Å². The second kappa shape index (κ2) is 4.87. The number of benzene rings is 1. The Kier molecular flexibility index (Phi) is 4.04. The van der Waals surface area contributed by atoms with Gasteiger partial charge in [-0.1, -0.05) is 11.6 Å². The molecule has 1 aromatic rings.